The molecule has 0 unspecified atom stereocenters. The first-order valence-corrected chi connectivity index (χ1v) is 9.28. The van der Waals surface area contributed by atoms with Crippen LogP contribution in [-0.4, -0.2) is 41.5 Å². The number of hydrogen-bond acceptors (Lipinski definition) is 5. The standard InChI is InChI=1S/C22H20N2O4/c25-20(24-12-6-7-13-24)15-27-22(26)18-11-5-4-10-17(18)21-23-14-19(28-21)16-8-2-1-3-9-16/h1-5,8-11,14H,6-7,12-13,15H2. The van der Waals surface area contributed by atoms with Gasteiger partial charge in [-0.1, -0.05) is 42.5 Å². The second-order valence-electron chi connectivity index (χ2n) is 6.61. The smallest absolute Gasteiger partial charge is 0.339 e. The van der Waals surface area contributed by atoms with Crippen LogP contribution in [-0.2, 0) is 9.53 Å². The van der Waals surface area contributed by atoms with E-state index in [-0.39, 0.29) is 12.5 Å². The van der Waals surface area contributed by atoms with Crippen LogP contribution in [0.3, 0.4) is 0 Å². The van der Waals surface area contributed by atoms with Crippen molar-refractivity contribution >= 4 is 11.9 Å². The maximum Gasteiger partial charge on any atom is 0.339 e. The van der Waals surface area contributed by atoms with E-state index < -0.39 is 5.97 Å². The molecular formula is C22H20N2O4. The number of aromatic nitrogens is 1. The molecule has 1 aliphatic heterocycles. The Bertz CT molecular complexity index is 975. The van der Waals surface area contributed by atoms with E-state index in [1.54, 1.807) is 35.4 Å². The molecule has 142 valence electrons. The summed E-state index contributed by atoms with van der Waals surface area (Å²) < 4.78 is 11.1. The van der Waals surface area contributed by atoms with Gasteiger partial charge in [-0.3, -0.25) is 4.79 Å². The number of nitrogens with zero attached hydrogens (tertiary/aromatic N) is 2. The molecule has 0 bridgehead atoms. The van der Waals surface area contributed by atoms with Crippen LogP contribution >= 0.6 is 0 Å². The molecule has 2 heterocycles. The fourth-order valence-corrected chi connectivity index (χ4v) is 3.24. The lowest BCUT2D eigenvalue weighted by Gasteiger charge is -2.15. The van der Waals surface area contributed by atoms with Crippen molar-refractivity contribution in [2.75, 3.05) is 19.7 Å². The molecule has 1 aromatic heterocycles. The largest absolute Gasteiger partial charge is 0.452 e. The lowest BCUT2D eigenvalue weighted by Crippen LogP contribution is -2.32. The molecule has 0 N–H and O–H groups in total. The van der Waals surface area contributed by atoms with E-state index >= 15 is 0 Å². The van der Waals surface area contributed by atoms with E-state index in [0.717, 1.165) is 31.5 Å². The highest BCUT2D eigenvalue weighted by atomic mass is 16.5. The quantitative estimate of drug-likeness (QED) is 0.634. The van der Waals surface area contributed by atoms with E-state index in [4.69, 9.17) is 9.15 Å². The zero-order chi connectivity index (χ0) is 19.3. The minimum Gasteiger partial charge on any atom is -0.452 e. The van der Waals surface area contributed by atoms with Crippen LogP contribution in [0.4, 0.5) is 0 Å². The number of esters is 1. The van der Waals surface area contributed by atoms with E-state index in [9.17, 15) is 9.59 Å². The highest BCUT2D eigenvalue weighted by Crippen LogP contribution is 2.28. The number of rotatable bonds is 5. The molecule has 0 atom stereocenters. The molecule has 6 nitrogen and oxygen atoms in total. The summed E-state index contributed by atoms with van der Waals surface area (Å²) >= 11 is 0. The molecule has 1 aliphatic rings. The lowest BCUT2D eigenvalue weighted by molar-refractivity contribution is -0.133. The van der Waals surface area contributed by atoms with Crippen molar-refractivity contribution in [1.29, 1.82) is 0 Å². The van der Waals surface area contributed by atoms with Gasteiger partial charge in [0.15, 0.2) is 12.4 Å². The van der Waals surface area contributed by atoms with Crippen LogP contribution in [0, 0.1) is 0 Å². The van der Waals surface area contributed by atoms with Crippen LogP contribution in [0.25, 0.3) is 22.8 Å². The summed E-state index contributed by atoms with van der Waals surface area (Å²) in [5.74, 6) is 0.216. The molecule has 6 heteroatoms. The number of ether oxygens (including phenoxy) is 1. The predicted molar refractivity (Wildman–Crippen MR) is 103 cm³/mol. The Morgan fingerprint density at radius 2 is 1.71 bits per heavy atom. The average Bonchev–Trinajstić information content (AvgIpc) is 3.45. The summed E-state index contributed by atoms with van der Waals surface area (Å²) in [6, 6.07) is 16.5. The summed E-state index contributed by atoms with van der Waals surface area (Å²) in [4.78, 5) is 30.7. The molecule has 0 saturated carbocycles. The summed E-state index contributed by atoms with van der Waals surface area (Å²) in [5, 5.41) is 0. The van der Waals surface area contributed by atoms with Gasteiger partial charge in [-0.05, 0) is 25.0 Å². The topological polar surface area (TPSA) is 72.6 Å². The average molecular weight is 376 g/mol. The summed E-state index contributed by atoms with van der Waals surface area (Å²) in [6.07, 6.45) is 3.62. The highest BCUT2D eigenvalue weighted by Gasteiger charge is 2.22. The van der Waals surface area contributed by atoms with Crippen LogP contribution in [0.2, 0.25) is 0 Å². The van der Waals surface area contributed by atoms with Gasteiger partial charge in [-0.15, -0.1) is 0 Å². The first-order chi connectivity index (χ1) is 13.7. The minimum atomic E-state index is -0.567. The maximum absolute atomic E-state index is 12.6. The van der Waals surface area contributed by atoms with Crippen LogP contribution in [0.5, 0.6) is 0 Å². The monoisotopic (exact) mass is 376 g/mol. The number of carbonyl (C=O) groups excluding carboxylic acids is 2. The molecule has 2 aromatic carbocycles. The lowest BCUT2D eigenvalue weighted by atomic mass is 10.1. The minimum absolute atomic E-state index is 0.161. The van der Waals surface area contributed by atoms with Gasteiger partial charge in [-0.25, -0.2) is 9.78 Å². The summed E-state index contributed by atoms with van der Waals surface area (Å²) in [7, 11) is 0. The van der Waals surface area contributed by atoms with Crippen molar-refractivity contribution in [3.05, 3.63) is 66.4 Å². The molecule has 1 amide bonds. The van der Waals surface area contributed by atoms with Crippen molar-refractivity contribution in [2.24, 2.45) is 0 Å². The van der Waals surface area contributed by atoms with Crippen molar-refractivity contribution < 1.29 is 18.7 Å². The van der Waals surface area contributed by atoms with Gasteiger partial charge < -0.3 is 14.1 Å². The van der Waals surface area contributed by atoms with Crippen LogP contribution < -0.4 is 0 Å². The Kier molecular flexibility index (Phi) is 5.19. The Labute approximate surface area is 162 Å². The molecule has 0 spiro atoms. The molecule has 0 radical (unpaired) electrons. The summed E-state index contributed by atoms with van der Waals surface area (Å²) in [6.45, 7) is 1.20. The van der Waals surface area contributed by atoms with Crippen LogP contribution in [0.1, 0.15) is 23.2 Å². The second-order valence-corrected chi connectivity index (χ2v) is 6.61. The molecule has 4 rings (SSSR count). The van der Waals surface area contributed by atoms with E-state index in [0.29, 0.717) is 22.8 Å². The fraction of sp³-hybridized carbons (Fsp3) is 0.227. The number of oxazole rings is 1. The Hall–Kier alpha value is -3.41. The zero-order valence-corrected chi connectivity index (χ0v) is 15.3. The molecule has 0 aliphatic carbocycles. The Balaban J connectivity index is 1.51. The SMILES string of the molecule is O=C(OCC(=O)N1CCCC1)c1ccccc1-c1ncc(-c2ccccc2)o1. The van der Waals surface area contributed by atoms with Gasteiger partial charge in [0.2, 0.25) is 5.89 Å². The van der Waals surface area contributed by atoms with Gasteiger partial charge in [0, 0.05) is 18.7 Å². The van der Waals surface area contributed by atoms with E-state index in [1.807, 2.05) is 30.3 Å². The van der Waals surface area contributed by atoms with Crippen molar-refractivity contribution in [2.45, 2.75) is 12.8 Å². The van der Waals surface area contributed by atoms with Gasteiger partial charge in [-0.2, -0.15) is 0 Å². The van der Waals surface area contributed by atoms with Gasteiger partial charge in [0.1, 0.15) is 0 Å². The molecule has 1 saturated heterocycles. The Morgan fingerprint density at radius 3 is 2.50 bits per heavy atom. The van der Waals surface area contributed by atoms with Gasteiger partial charge >= 0.3 is 5.97 Å². The molecule has 3 aromatic rings. The van der Waals surface area contributed by atoms with E-state index in [1.165, 1.54) is 0 Å². The van der Waals surface area contributed by atoms with Crippen molar-refractivity contribution in [1.82, 2.24) is 9.88 Å². The third kappa shape index (κ3) is 3.81. The number of hydrogen-bond donors (Lipinski definition) is 0. The molecular weight excluding hydrogens is 356 g/mol. The highest BCUT2D eigenvalue weighted by molar-refractivity contribution is 5.97. The number of benzene rings is 2. The number of carbonyl (C=O) groups is 2. The number of likely N-dealkylation sites (tertiary alicyclic amines) is 1. The number of amides is 1. The fourth-order valence-electron chi connectivity index (χ4n) is 3.24. The third-order valence-corrected chi connectivity index (χ3v) is 4.73. The first kappa shape index (κ1) is 18.0. The molecule has 1 fully saturated rings. The first-order valence-electron chi connectivity index (χ1n) is 9.28. The predicted octanol–water partition coefficient (Wildman–Crippen LogP) is 3.79. The normalized spacial score (nSPS) is 13.5. The summed E-state index contributed by atoms with van der Waals surface area (Å²) in [5.41, 5.74) is 1.75. The second kappa shape index (κ2) is 8.08. The van der Waals surface area contributed by atoms with E-state index in [2.05, 4.69) is 4.98 Å². The third-order valence-electron chi connectivity index (χ3n) is 4.73. The Morgan fingerprint density at radius 1 is 1.00 bits per heavy atom. The van der Waals surface area contributed by atoms with Gasteiger partial charge in [0.05, 0.1) is 17.3 Å². The van der Waals surface area contributed by atoms with Gasteiger partial charge in [0.25, 0.3) is 5.91 Å². The van der Waals surface area contributed by atoms with Crippen molar-refractivity contribution in [3.8, 4) is 22.8 Å². The van der Waals surface area contributed by atoms with Crippen molar-refractivity contribution in [3.63, 3.8) is 0 Å². The molecule has 28 heavy (non-hydrogen) atoms. The van der Waals surface area contributed by atoms with Crippen LogP contribution in [0.15, 0.2) is 65.2 Å². The maximum atomic E-state index is 12.6. The zero-order valence-electron chi connectivity index (χ0n) is 15.3.